The molecule has 0 saturated heterocycles. The third-order valence-electron chi connectivity index (χ3n) is 7.93. The maximum absolute atomic E-state index is 13.7. The number of pyridine rings is 1. The molecule has 0 aliphatic heterocycles. The van der Waals surface area contributed by atoms with E-state index in [9.17, 15) is 19.5 Å². The second kappa shape index (κ2) is 13.8. The van der Waals surface area contributed by atoms with E-state index in [-0.39, 0.29) is 48.6 Å². The van der Waals surface area contributed by atoms with E-state index < -0.39 is 6.04 Å². The van der Waals surface area contributed by atoms with Crippen LogP contribution in [0.25, 0.3) is 17.2 Å². The van der Waals surface area contributed by atoms with Gasteiger partial charge in [0.25, 0.3) is 5.91 Å². The number of aromatic nitrogens is 1. The monoisotopic (exact) mass is 580 g/mol. The molecule has 1 aromatic heterocycles. The molecule has 0 bridgehead atoms. The number of carbonyl (C=O) groups excluding carboxylic acids is 3. The van der Waals surface area contributed by atoms with Crippen molar-refractivity contribution in [3.63, 3.8) is 0 Å². The van der Waals surface area contributed by atoms with Gasteiger partial charge in [0.15, 0.2) is 11.6 Å². The quantitative estimate of drug-likeness (QED) is 0.155. The van der Waals surface area contributed by atoms with Gasteiger partial charge >= 0.3 is 0 Å². The smallest absolute Gasteiger partial charge is 0.269 e. The van der Waals surface area contributed by atoms with Crippen LogP contribution in [0.1, 0.15) is 81.9 Å². The lowest BCUT2D eigenvalue weighted by Gasteiger charge is -2.16. The molecule has 0 spiro atoms. The van der Waals surface area contributed by atoms with Crippen molar-refractivity contribution in [2.45, 2.75) is 59.1 Å². The van der Waals surface area contributed by atoms with Crippen molar-refractivity contribution in [1.29, 1.82) is 5.41 Å². The molecule has 1 amide bonds. The molecule has 1 aliphatic rings. The van der Waals surface area contributed by atoms with E-state index in [1.54, 1.807) is 61.5 Å². The summed E-state index contributed by atoms with van der Waals surface area (Å²) >= 11 is 0. The Morgan fingerprint density at radius 1 is 1.12 bits per heavy atom. The molecule has 1 fully saturated rings. The van der Waals surface area contributed by atoms with E-state index in [0.29, 0.717) is 57.2 Å². The molecule has 43 heavy (non-hydrogen) atoms. The molecule has 2 aromatic carbocycles. The van der Waals surface area contributed by atoms with E-state index in [1.807, 2.05) is 13.8 Å². The summed E-state index contributed by atoms with van der Waals surface area (Å²) in [5.74, 6) is 0.0153. The Labute approximate surface area is 252 Å². The molecule has 224 valence electrons. The lowest BCUT2D eigenvalue weighted by molar-refractivity contribution is -0.120. The number of aryl methyl sites for hydroxylation is 1. The second-order valence-electron chi connectivity index (χ2n) is 11.6. The first-order valence-electron chi connectivity index (χ1n) is 14.7. The van der Waals surface area contributed by atoms with E-state index in [1.165, 1.54) is 0 Å². The highest BCUT2D eigenvalue weighted by molar-refractivity contribution is 6.11. The van der Waals surface area contributed by atoms with Crippen molar-refractivity contribution in [2.75, 3.05) is 6.54 Å². The van der Waals surface area contributed by atoms with E-state index >= 15 is 0 Å². The fourth-order valence-corrected chi connectivity index (χ4v) is 4.93. The Balaban J connectivity index is 1.57. The van der Waals surface area contributed by atoms with Crippen LogP contribution in [0, 0.1) is 24.2 Å². The maximum Gasteiger partial charge on any atom is 0.269 e. The first kappa shape index (κ1) is 31.7. The topological polar surface area (TPSA) is 146 Å². The molecule has 0 radical (unpaired) electrons. The van der Waals surface area contributed by atoms with Gasteiger partial charge in [-0.2, -0.15) is 0 Å². The number of amides is 1. The largest absolute Gasteiger partial charge is 0.392 e. The Hall–Kier alpha value is -4.27. The fourth-order valence-electron chi connectivity index (χ4n) is 4.93. The van der Waals surface area contributed by atoms with Gasteiger partial charge in [0.05, 0.1) is 19.1 Å². The third-order valence-corrected chi connectivity index (χ3v) is 7.93. The number of hydrogen-bond donors (Lipinski definition) is 4. The summed E-state index contributed by atoms with van der Waals surface area (Å²) in [4.78, 5) is 43.2. The van der Waals surface area contributed by atoms with Gasteiger partial charge < -0.3 is 21.6 Å². The summed E-state index contributed by atoms with van der Waals surface area (Å²) in [7, 11) is 0. The van der Waals surface area contributed by atoms with Crippen LogP contribution in [0.3, 0.4) is 0 Å². The van der Waals surface area contributed by atoms with Crippen molar-refractivity contribution in [3.05, 3.63) is 94.3 Å². The number of ketones is 2. The number of nitrogens with zero attached hydrogens (tertiary/aromatic N) is 1. The lowest BCUT2D eigenvalue weighted by atomic mass is 9.89. The van der Waals surface area contributed by atoms with Crippen LogP contribution in [0.4, 0.5) is 0 Å². The fraction of sp³-hybridized carbons (Fsp3) is 0.343. The van der Waals surface area contributed by atoms with Crippen LogP contribution >= 0.6 is 0 Å². The number of hydrogen-bond acceptors (Lipinski definition) is 7. The second-order valence-corrected chi connectivity index (χ2v) is 11.6. The number of aliphatic hydroxyl groups is 1. The Bertz CT molecular complexity index is 1550. The first-order chi connectivity index (χ1) is 20.5. The zero-order valence-electron chi connectivity index (χ0n) is 25.1. The minimum absolute atomic E-state index is 0.000538. The molecule has 1 heterocycles. The van der Waals surface area contributed by atoms with Crippen LogP contribution in [0.5, 0.6) is 0 Å². The predicted molar refractivity (Wildman–Crippen MR) is 169 cm³/mol. The van der Waals surface area contributed by atoms with Gasteiger partial charge in [-0.05, 0) is 77.6 Å². The Morgan fingerprint density at radius 3 is 2.40 bits per heavy atom. The zero-order valence-corrected chi connectivity index (χ0v) is 25.1. The average molecular weight is 581 g/mol. The minimum Gasteiger partial charge on any atom is -0.392 e. The summed E-state index contributed by atoms with van der Waals surface area (Å²) in [6.45, 7) is 9.82. The molecule has 8 nitrogen and oxygen atoms in total. The van der Waals surface area contributed by atoms with Crippen LogP contribution in [-0.2, 0) is 17.8 Å². The van der Waals surface area contributed by atoms with E-state index in [2.05, 4.69) is 16.9 Å². The summed E-state index contributed by atoms with van der Waals surface area (Å²) in [5, 5.41) is 21.3. The van der Waals surface area contributed by atoms with Gasteiger partial charge in [0.1, 0.15) is 5.69 Å². The summed E-state index contributed by atoms with van der Waals surface area (Å²) < 4.78 is 0. The lowest BCUT2D eigenvalue weighted by Crippen LogP contribution is -2.36. The van der Waals surface area contributed by atoms with Gasteiger partial charge in [0, 0.05) is 35.5 Å². The highest BCUT2D eigenvalue weighted by Crippen LogP contribution is 2.32. The number of benzene rings is 2. The van der Waals surface area contributed by atoms with Crippen LogP contribution in [-0.4, -0.2) is 45.9 Å². The molecular formula is C35H40N4O4. The predicted octanol–water partition coefficient (Wildman–Crippen LogP) is 5.07. The van der Waals surface area contributed by atoms with Crippen LogP contribution in [0.15, 0.2) is 55.1 Å². The van der Waals surface area contributed by atoms with Gasteiger partial charge in [-0.3, -0.25) is 14.4 Å². The number of rotatable bonds is 14. The van der Waals surface area contributed by atoms with Crippen LogP contribution < -0.4 is 11.1 Å². The van der Waals surface area contributed by atoms with Crippen molar-refractivity contribution in [2.24, 2.45) is 17.6 Å². The molecule has 1 aliphatic carbocycles. The molecule has 1 atom stereocenters. The van der Waals surface area contributed by atoms with Crippen molar-refractivity contribution in [1.82, 2.24) is 10.3 Å². The van der Waals surface area contributed by atoms with Crippen molar-refractivity contribution in [3.8, 4) is 11.1 Å². The zero-order chi connectivity index (χ0) is 31.3. The number of nitrogens with two attached hydrogens (primary N) is 1. The number of aliphatic hydroxyl groups excluding tert-OH is 1. The van der Waals surface area contributed by atoms with Gasteiger partial charge in [0.2, 0.25) is 0 Å². The number of nitrogens with one attached hydrogen (secondary N) is 2. The molecule has 0 unspecified atom stereocenters. The van der Waals surface area contributed by atoms with Gasteiger partial charge in [-0.25, -0.2) is 4.98 Å². The third kappa shape index (κ3) is 7.77. The summed E-state index contributed by atoms with van der Waals surface area (Å²) in [6.07, 6.45) is 3.94. The van der Waals surface area contributed by atoms with Gasteiger partial charge in [-0.15, -0.1) is 0 Å². The van der Waals surface area contributed by atoms with Crippen LogP contribution in [0.2, 0.25) is 0 Å². The van der Waals surface area contributed by atoms with Gasteiger partial charge in [-0.1, -0.05) is 56.8 Å². The molecule has 3 aromatic rings. The van der Waals surface area contributed by atoms with Crippen molar-refractivity contribution < 1.29 is 19.5 Å². The highest BCUT2D eigenvalue weighted by Gasteiger charge is 2.23. The Morgan fingerprint density at radius 2 is 1.81 bits per heavy atom. The maximum atomic E-state index is 13.7. The molecule has 8 heteroatoms. The standard InChI is InChI=1S/C35H40N4O4/c1-5-24-15-29(32(41)14-22-8-10-25(11-9-22)30(36)17-33(42)34(37)20(2)3)28(16-26(24)19-40)27-12-13-31(39-21(27)4)35(43)38-18-23-6-7-23/h5,8-13,15-16,20,23,34,36,40H,1,6-7,14,17-19,37H2,2-4H3,(H,38,43)/t34-/m0/s1. The number of Topliss-reactive ketones (excluding diaryl/α,β-unsaturated/α-hetero) is 2. The normalized spacial score (nSPS) is 13.4. The SMILES string of the molecule is C=Cc1cc(C(=O)Cc2ccc(C(=N)CC(=O)[C@@H](N)C(C)C)cc2)c(-c2ccc(C(=O)NCC3CC3)nc2C)cc1CO. The highest BCUT2D eigenvalue weighted by atomic mass is 16.3. The molecular weight excluding hydrogens is 540 g/mol. The molecule has 4 rings (SSSR count). The molecule has 5 N–H and O–H groups in total. The Kier molecular flexibility index (Phi) is 10.2. The van der Waals surface area contributed by atoms with E-state index in [4.69, 9.17) is 11.1 Å². The van der Waals surface area contributed by atoms with Crippen molar-refractivity contribution >= 4 is 29.3 Å². The summed E-state index contributed by atoms with van der Waals surface area (Å²) in [6, 6.07) is 13.4. The number of carbonyl (C=O) groups is 3. The molecule has 1 saturated carbocycles. The minimum atomic E-state index is -0.608. The average Bonchev–Trinajstić information content (AvgIpc) is 3.83. The van der Waals surface area contributed by atoms with E-state index in [0.717, 1.165) is 18.4 Å². The first-order valence-corrected chi connectivity index (χ1v) is 14.7. The summed E-state index contributed by atoms with van der Waals surface area (Å²) in [5.41, 5.74) is 11.4.